The lowest BCUT2D eigenvalue weighted by molar-refractivity contribution is 0.536. The molecular formula is C11H16ClNS. The van der Waals surface area contributed by atoms with E-state index in [0.717, 1.165) is 22.7 Å². The van der Waals surface area contributed by atoms with Crippen molar-refractivity contribution in [2.75, 3.05) is 6.54 Å². The van der Waals surface area contributed by atoms with Gasteiger partial charge in [0.1, 0.15) is 0 Å². The number of hydrogen-bond acceptors (Lipinski definition) is 2. The Morgan fingerprint density at radius 1 is 1.71 bits per heavy atom. The van der Waals surface area contributed by atoms with Crippen molar-refractivity contribution in [2.24, 2.45) is 11.8 Å². The monoisotopic (exact) mass is 229 g/mol. The summed E-state index contributed by atoms with van der Waals surface area (Å²) in [4.78, 5) is 0. The fourth-order valence-corrected chi connectivity index (χ4v) is 2.66. The van der Waals surface area contributed by atoms with Gasteiger partial charge in [0, 0.05) is 6.04 Å². The van der Waals surface area contributed by atoms with Crippen LogP contribution in [0.2, 0.25) is 4.34 Å². The summed E-state index contributed by atoms with van der Waals surface area (Å²) in [5.74, 6) is 1.84. The third-order valence-electron chi connectivity index (χ3n) is 3.05. The highest BCUT2D eigenvalue weighted by Gasteiger charge is 2.32. The molecule has 1 aliphatic rings. The molecule has 3 unspecified atom stereocenters. The summed E-state index contributed by atoms with van der Waals surface area (Å²) < 4.78 is 0.883. The van der Waals surface area contributed by atoms with Crippen LogP contribution in [-0.2, 0) is 0 Å². The first-order valence-electron chi connectivity index (χ1n) is 5.14. The summed E-state index contributed by atoms with van der Waals surface area (Å²) in [5.41, 5.74) is 1.31. The Morgan fingerprint density at radius 2 is 2.43 bits per heavy atom. The second-order valence-corrected chi connectivity index (χ2v) is 5.83. The van der Waals surface area contributed by atoms with Crippen molar-refractivity contribution in [1.82, 2.24) is 5.32 Å². The molecule has 1 aliphatic carbocycles. The van der Waals surface area contributed by atoms with Gasteiger partial charge in [-0.2, -0.15) is 0 Å². The van der Waals surface area contributed by atoms with Crippen LogP contribution in [-0.4, -0.2) is 6.54 Å². The van der Waals surface area contributed by atoms with E-state index in [1.807, 2.05) is 0 Å². The van der Waals surface area contributed by atoms with E-state index in [-0.39, 0.29) is 0 Å². The number of hydrogen-bond donors (Lipinski definition) is 1. The number of rotatable bonds is 4. The fraction of sp³-hybridized carbons (Fsp3) is 0.636. The molecule has 1 aromatic heterocycles. The van der Waals surface area contributed by atoms with E-state index >= 15 is 0 Å². The zero-order valence-corrected chi connectivity index (χ0v) is 10.2. The lowest BCUT2D eigenvalue weighted by atomic mass is 10.2. The molecule has 2 rings (SSSR count). The van der Waals surface area contributed by atoms with E-state index in [4.69, 9.17) is 11.6 Å². The lowest BCUT2D eigenvalue weighted by Crippen LogP contribution is -2.21. The van der Waals surface area contributed by atoms with Gasteiger partial charge >= 0.3 is 0 Å². The zero-order chi connectivity index (χ0) is 10.1. The Kier molecular flexibility index (Phi) is 3.15. The molecule has 1 nitrogen and oxygen atoms in total. The van der Waals surface area contributed by atoms with Crippen LogP contribution in [0.5, 0.6) is 0 Å². The lowest BCUT2D eigenvalue weighted by Gasteiger charge is -2.11. The third-order valence-corrected chi connectivity index (χ3v) is 4.16. The van der Waals surface area contributed by atoms with Gasteiger partial charge in [-0.3, -0.25) is 0 Å². The maximum absolute atomic E-state index is 5.89. The van der Waals surface area contributed by atoms with E-state index in [1.54, 1.807) is 11.3 Å². The largest absolute Gasteiger partial charge is 0.310 e. The highest BCUT2D eigenvalue weighted by atomic mass is 35.5. The summed E-state index contributed by atoms with van der Waals surface area (Å²) >= 11 is 7.50. The molecule has 3 atom stereocenters. The Balaban J connectivity index is 1.80. The van der Waals surface area contributed by atoms with E-state index in [1.165, 1.54) is 12.0 Å². The molecule has 0 aliphatic heterocycles. The maximum atomic E-state index is 5.89. The molecule has 0 radical (unpaired) electrons. The quantitative estimate of drug-likeness (QED) is 0.830. The van der Waals surface area contributed by atoms with Gasteiger partial charge in [0.25, 0.3) is 0 Å². The fourth-order valence-electron chi connectivity index (χ4n) is 1.68. The van der Waals surface area contributed by atoms with Gasteiger partial charge in [0.2, 0.25) is 0 Å². The Morgan fingerprint density at radius 3 is 2.93 bits per heavy atom. The molecule has 1 saturated carbocycles. The van der Waals surface area contributed by atoms with Crippen molar-refractivity contribution >= 4 is 22.9 Å². The van der Waals surface area contributed by atoms with Crippen LogP contribution in [0.1, 0.15) is 31.9 Å². The summed E-state index contributed by atoms with van der Waals surface area (Å²) in [7, 11) is 0. The van der Waals surface area contributed by atoms with Crippen LogP contribution in [0, 0.1) is 11.8 Å². The van der Waals surface area contributed by atoms with Gasteiger partial charge in [-0.05, 0) is 48.7 Å². The highest BCUT2D eigenvalue weighted by molar-refractivity contribution is 7.14. The van der Waals surface area contributed by atoms with Crippen molar-refractivity contribution in [3.05, 3.63) is 21.3 Å². The van der Waals surface area contributed by atoms with Crippen LogP contribution >= 0.6 is 22.9 Å². The average Bonchev–Trinajstić information content (AvgIpc) is 2.66. The van der Waals surface area contributed by atoms with Gasteiger partial charge in [-0.1, -0.05) is 18.5 Å². The predicted octanol–water partition coefficient (Wildman–Crippen LogP) is 3.71. The molecule has 1 aromatic rings. The van der Waals surface area contributed by atoms with Gasteiger partial charge in [-0.15, -0.1) is 11.3 Å². The van der Waals surface area contributed by atoms with Crippen LogP contribution in [0.15, 0.2) is 11.4 Å². The minimum absolute atomic E-state index is 0.437. The predicted molar refractivity (Wildman–Crippen MR) is 63.0 cm³/mol. The van der Waals surface area contributed by atoms with Crippen molar-refractivity contribution in [1.29, 1.82) is 0 Å². The minimum Gasteiger partial charge on any atom is -0.310 e. The van der Waals surface area contributed by atoms with Crippen LogP contribution in [0.3, 0.4) is 0 Å². The molecule has 1 N–H and O–H groups in total. The highest BCUT2D eigenvalue weighted by Crippen LogP contribution is 2.37. The zero-order valence-electron chi connectivity index (χ0n) is 8.59. The van der Waals surface area contributed by atoms with Crippen molar-refractivity contribution in [2.45, 2.75) is 26.3 Å². The molecule has 0 saturated heterocycles. The van der Waals surface area contributed by atoms with Crippen molar-refractivity contribution in [3.63, 3.8) is 0 Å². The third kappa shape index (κ3) is 2.50. The number of thiophene rings is 1. The van der Waals surface area contributed by atoms with Gasteiger partial charge in [0.05, 0.1) is 4.34 Å². The molecule has 3 heteroatoms. The molecule has 78 valence electrons. The first-order valence-corrected chi connectivity index (χ1v) is 6.40. The van der Waals surface area contributed by atoms with Crippen molar-refractivity contribution in [3.8, 4) is 0 Å². The molecule has 0 aromatic carbocycles. The maximum Gasteiger partial charge on any atom is 0.0931 e. The van der Waals surface area contributed by atoms with Gasteiger partial charge in [-0.25, -0.2) is 0 Å². The molecule has 0 spiro atoms. The standard InChI is InChI=1S/C11H16ClNS/c1-7-3-9(7)5-13-8(2)10-4-11(12)14-6-10/h4,6-9,13H,3,5H2,1-2H3. The smallest absolute Gasteiger partial charge is 0.0931 e. The van der Waals surface area contributed by atoms with Crippen LogP contribution in [0.25, 0.3) is 0 Å². The van der Waals surface area contributed by atoms with Gasteiger partial charge in [0.15, 0.2) is 0 Å². The molecular weight excluding hydrogens is 214 g/mol. The Labute approximate surface area is 94.5 Å². The molecule has 1 heterocycles. The first-order chi connectivity index (χ1) is 6.66. The van der Waals surface area contributed by atoms with Crippen LogP contribution in [0.4, 0.5) is 0 Å². The number of halogens is 1. The summed E-state index contributed by atoms with van der Waals surface area (Å²) in [6, 6.07) is 2.49. The molecule has 0 bridgehead atoms. The summed E-state index contributed by atoms with van der Waals surface area (Å²) in [6.07, 6.45) is 1.39. The van der Waals surface area contributed by atoms with Crippen LogP contribution < -0.4 is 5.32 Å². The summed E-state index contributed by atoms with van der Waals surface area (Å²) in [6.45, 7) is 5.67. The molecule has 1 fully saturated rings. The average molecular weight is 230 g/mol. The van der Waals surface area contributed by atoms with Crippen molar-refractivity contribution < 1.29 is 0 Å². The Hall–Kier alpha value is -0.0500. The van der Waals surface area contributed by atoms with Gasteiger partial charge < -0.3 is 5.32 Å². The SMILES string of the molecule is CC(NCC1CC1C)c1csc(Cl)c1. The number of nitrogens with one attached hydrogen (secondary N) is 1. The van der Waals surface area contributed by atoms with E-state index in [9.17, 15) is 0 Å². The molecule has 14 heavy (non-hydrogen) atoms. The molecule has 0 amide bonds. The topological polar surface area (TPSA) is 12.0 Å². The Bertz CT molecular complexity index is 310. The van der Waals surface area contributed by atoms with E-state index in [0.29, 0.717) is 6.04 Å². The second kappa shape index (κ2) is 4.21. The normalized spacial score (nSPS) is 27.6. The second-order valence-electron chi connectivity index (χ2n) is 4.29. The van der Waals surface area contributed by atoms with E-state index < -0.39 is 0 Å². The van der Waals surface area contributed by atoms with E-state index in [2.05, 4.69) is 30.6 Å². The first kappa shape index (κ1) is 10.5. The minimum atomic E-state index is 0.437. The summed E-state index contributed by atoms with van der Waals surface area (Å²) in [5, 5.41) is 5.69.